The van der Waals surface area contributed by atoms with Crippen molar-refractivity contribution < 1.29 is 13.9 Å². The maximum Gasteiger partial charge on any atom is 0.285 e. The number of thiophene rings is 2. The largest absolute Gasteiger partial charge is 0.487 e. The molecule has 3 rings (SSSR count). The van der Waals surface area contributed by atoms with E-state index in [2.05, 4.69) is 10.5 Å². The number of hydrazone groups is 1. The summed E-state index contributed by atoms with van der Waals surface area (Å²) in [5.41, 5.74) is 4.45. The molecule has 1 N–H and O–H groups in total. The average molecular weight is 374 g/mol. The van der Waals surface area contributed by atoms with E-state index in [4.69, 9.17) is 4.74 Å². The molecule has 7 heteroatoms. The molecule has 128 valence electrons. The highest BCUT2D eigenvalue weighted by Crippen LogP contribution is 2.25. The van der Waals surface area contributed by atoms with Crippen LogP contribution in [0.4, 0.5) is 4.39 Å². The minimum absolute atomic E-state index is 0.259. The molecule has 3 aromatic rings. The Labute approximate surface area is 152 Å². The van der Waals surface area contributed by atoms with Crippen molar-refractivity contribution in [1.82, 2.24) is 5.43 Å². The van der Waals surface area contributed by atoms with E-state index in [0.717, 1.165) is 16.0 Å². The molecule has 4 nitrogen and oxygen atoms in total. The topological polar surface area (TPSA) is 50.7 Å². The Kier molecular flexibility index (Phi) is 5.57. The van der Waals surface area contributed by atoms with Gasteiger partial charge in [-0.2, -0.15) is 5.10 Å². The van der Waals surface area contributed by atoms with Gasteiger partial charge in [0.15, 0.2) is 0 Å². The highest BCUT2D eigenvalue weighted by Gasteiger charge is 2.14. The van der Waals surface area contributed by atoms with Crippen LogP contribution < -0.4 is 10.2 Å². The lowest BCUT2D eigenvalue weighted by atomic mass is 10.2. The number of carbonyl (C=O) groups excluding carboxylic acids is 1. The third-order valence-corrected chi connectivity index (χ3v) is 5.24. The van der Waals surface area contributed by atoms with Gasteiger partial charge in [-0.15, -0.1) is 22.7 Å². The fourth-order valence-corrected chi connectivity index (χ4v) is 3.55. The molecule has 0 aliphatic rings. The summed E-state index contributed by atoms with van der Waals surface area (Å²) < 4.78 is 18.6. The zero-order valence-corrected chi connectivity index (χ0v) is 15.0. The zero-order chi connectivity index (χ0) is 17.6. The van der Waals surface area contributed by atoms with Crippen LogP contribution in [0.3, 0.4) is 0 Å². The van der Waals surface area contributed by atoms with Gasteiger partial charge in [0.25, 0.3) is 5.91 Å². The number of aryl methyl sites for hydroxylation is 1. The fraction of sp³-hybridized carbons (Fsp3) is 0.111. The van der Waals surface area contributed by atoms with Crippen molar-refractivity contribution in [3.8, 4) is 5.75 Å². The zero-order valence-electron chi connectivity index (χ0n) is 13.4. The number of ether oxygens (including phenoxy) is 1. The van der Waals surface area contributed by atoms with Gasteiger partial charge in [0.1, 0.15) is 23.1 Å². The monoisotopic (exact) mass is 374 g/mol. The summed E-state index contributed by atoms with van der Waals surface area (Å²) in [6, 6.07) is 9.78. The number of carbonyl (C=O) groups is 1. The van der Waals surface area contributed by atoms with Crippen LogP contribution in [0.25, 0.3) is 0 Å². The highest BCUT2D eigenvalue weighted by molar-refractivity contribution is 7.12. The predicted molar refractivity (Wildman–Crippen MR) is 99.2 cm³/mol. The second kappa shape index (κ2) is 8.04. The van der Waals surface area contributed by atoms with Crippen molar-refractivity contribution in [2.75, 3.05) is 0 Å². The van der Waals surface area contributed by atoms with Crippen molar-refractivity contribution in [1.29, 1.82) is 0 Å². The van der Waals surface area contributed by atoms with Gasteiger partial charge in [-0.05, 0) is 53.1 Å². The number of benzene rings is 1. The van der Waals surface area contributed by atoms with Crippen molar-refractivity contribution in [3.63, 3.8) is 0 Å². The van der Waals surface area contributed by atoms with Crippen LogP contribution >= 0.6 is 22.7 Å². The normalized spacial score (nSPS) is 11.0. The Bertz CT molecular complexity index is 885. The van der Waals surface area contributed by atoms with E-state index in [-0.39, 0.29) is 18.3 Å². The third-order valence-electron chi connectivity index (χ3n) is 3.39. The molecule has 0 atom stereocenters. The maximum atomic E-state index is 12.9. The molecule has 0 bridgehead atoms. The smallest absolute Gasteiger partial charge is 0.285 e. The molecule has 0 aliphatic carbocycles. The number of halogens is 1. The van der Waals surface area contributed by atoms with E-state index >= 15 is 0 Å². The number of hydrogen-bond acceptors (Lipinski definition) is 5. The lowest BCUT2D eigenvalue weighted by molar-refractivity contribution is 0.0955. The molecule has 25 heavy (non-hydrogen) atoms. The molecular weight excluding hydrogens is 359 g/mol. The molecule has 0 fully saturated rings. The van der Waals surface area contributed by atoms with Gasteiger partial charge in [0.05, 0.1) is 6.21 Å². The second-order valence-electron chi connectivity index (χ2n) is 5.20. The van der Waals surface area contributed by atoms with Gasteiger partial charge in [0, 0.05) is 4.88 Å². The molecule has 0 aliphatic heterocycles. The van der Waals surface area contributed by atoms with Gasteiger partial charge < -0.3 is 4.74 Å². The van der Waals surface area contributed by atoms with Crippen molar-refractivity contribution >= 4 is 34.8 Å². The first kappa shape index (κ1) is 17.3. The quantitative estimate of drug-likeness (QED) is 0.506. The first-order valence-corrected chi connectivity index (χ1v) is 9.21. The standard InChI is InChI=1S/C18H15FN2O2S2/c1-12-6-8-24-16(12)10-20-21-18(22)17-15(7-9-25-17)23-11-13-2-4-14(19)5-3-13/h2-10H,11H2,1H3,(H,21,22). The SMILES string of the molecule is Cc1ccsc1C=NNC(=O)c1sccc1OCc1ccc(F)cc1. The highest BCUT2D eigenvalue weighted by atomic mass is 32.1. The summed E-state index contributed by atoms with van der Waals surface area (Å²) in [7, 11) is 0. The average Bonchev–Trinajstić information content (AvgIpc) is 3.23. The summed E-state index contributed by atoms with van der Waals surface area (Å²) in [5.74, 6) is -0.137. The molecule has 0 unspecified atom stereocenters. The van der Waals surface area contributed by atoms with Crippen molar-refractivity contribution in [3.05, 3.63) is 73.9 Å². The number of rotatable bonds is 6. The van der Waals surface area contributed by atoms with Crippen molar-refractivity contribution in [2.45, 2.75) is 13.5 Å². The molecule has 0 radical (unpaired) electrons. The second-order valence-corrected chi connectivity index (χ2v) is 7.06. The first-order valence-electron chi connectivity index (χ1n) is 7.45. The van der Waals surface area contributed by atoms with E-state index in [1.165, 1.54) is 23.5 Å². The summed E-state index contributed by atoms with van der Waals surface area (Å²) in [4.78, 5) is 13.7. The van der Waals surface area contributed by atoms with E-state index in [1.807, 2.05) is 18.4 Å². The van der Waals surface area contributed by atoms with Crippen LogP contribution in [-0.2, 0) is 6.61 Å². The minimum atomic E-state index is -0.324. The van der Waals surface area contributed by atoms with E-state index in [1.54, 1.807) is 41.1 Å². The summed E-state index contributed by atoms with van der Waals surface area (Å²) in [6.45, 7) is 2.25. The Morgan fingerprint density at radius 2 is 1.96 bits per heavy atom. The molecule has 0 saturated carbocycles. The molecule has 1 amide bonds. The number of nitrogens with one attached hydrogen (secondary N) is 1. The van der Waals surface area contributed by atoms with Gasteiger partial charge in [-0.25, -0.2) is 9.82 Å². The third kappa shape index (κ3) is 4.52. The van der Waals surface area contributed by atoms with Crippen LogP contribution in [0.1, 0.15) is 25.7 Å². The molecule has 2 heterocycles. The van der Waals surface area contributed by atoms with Gasteiger partial charge in [0.2, 0.25) is 0 Å². The van der Waals surface area contributed by atoms with Crippen LogP contribution in [0, 0.1) is 12.7 Å². The summed E-state index contributed by atoms with van der Waals surface area (Å²) in [6.07, 6.45) is 1.63. The van der Waals surface area contributed by atoms with Crippen molar-refractivity contribution in [2.24, 2.45) is 5.10 Å². The van der Waals surface area contributed by atoms with Crippen LogP contribution in [-0.4, -0.2) is 12.1 Å². The Balaban J connectivity index is 1.60. The van der Waals surface area contributed by atoms with Gasteiger partial charge in [-0.3, -0.25) is 4.79 Å². The minimum Gasteiger partial charge on any atom is -0.487 e. The van der Waals surface area contributed by atoms with E-state index in [9.17, 15) is 9.18 Å². The Morgan fingerprint density at radius 3 is 2.68 bits per heavy atom. The number of amides is 1. The van der Waals surface area contributed by atoms with Crippen LogP contribution in [0.15, 0.2) is 52.3 Å². The fourth-order valence-electron chi connectivity index (χ4n) is 2.04. The summed E-state index contributed by atoms with van der Waals surface area (Å²) >= 11 is 2.84. The first-order chi connectivity index (χ1) is 12.1. The van der Waals surface area contributed by atoms with Crippen LogP contribution in [0.2, 0.25) is 0 Å². The molecular formula is C18H15FN2O2S2. The number of nitrogens with zero attached hydrogens (tertiary/aromatic N) is 1. The van der Waals surface area contributed by atoms with E-state index < -0.39 is 0 Å². The summed E-state index contributed by atoms with van der Waals surface area (Å²) in [5, 5.41) is 7.75. The molecule has 2 aromatic heterocycles. The lowest BCUT2D eigenvalue weighted by Gasteiger charge is -2.06. The molecule has 0 spiro atoms. The number of hydrogen-bond donors (Lipinski definition) is 1. The van der Waals surface area contributed by atoms with Gasteiger partial charge >= 0.3 is 0 Å². The molecule has 0 saturated heterocycles. The Hall–Kier alpha value is -2.51. The van der Waals surface area contributed by atoms with E-state index in [0.29, 0.717) is 10.6 Å². The molecule has 1 aromatic carbocycles. The van der Waals surface area contributed by atoms with Crippen LogP contribution in [0.5, 0.6) is 5.75 Å². The Morgan fingerprint density at radius 1 is 1.20 bits per heavy atom. The predicted octanol–water partition coefficient (Wildman–Crippen LogP) is 4.60. The van der Waals surface area contributed by atoms with Gasteiger partial charge in [-0.1, -0.05) is 12.1 Å². The lowest BCUT2D eigenvalue weighted by Crippen LogP contribution is -2.17. The maximum absolute atomic E-state index is 12.9.